The van der Waals surface area contributed by atoms with Gasteiger partial charge in [-0.1, -0.05) is 5.92 Å². The monoisotopic (exact) mass is 250 g/mol. The molecule has 0 bridgehead atoms. The maximum absolute atomic E-state index is 11.6. The Balaban J connectivity index is 2.61. The second-order valence-electron chi connectivity index (χ2n) is 3.68. The zero-order chi connectivity index (χ0) is 13.5. The molecular formula is C11H14N4O3. The Bertz CT molecular complexity index is 449. The molecule has 0 aromatic carbocycles. The van der Waals surface area contributed by atoms with Crippen LogP contribution in [0.15, 0.2) is 12.5 Å². The third-order valence-electron chi connectivity index (χ3n) is 2.25. The number of carbonyl (C=O) groups is 2. The van der Waals surface area contributed by atoms with Gasteiger partial charge in [0.15, 0.2) is 0 Å². The van der Waals surface area contributed by atoms with E-state index in [1.54, 1.807) is 0 Å². The van der Waals surface area contributed by atoms with E-state index in [9.17, 15) is 9.59 Å². The van der Waals surface area contributed by atoms with E-state index in [4.69, 9.17) is 11.5 Å². The van der Waals surface area contributed by atoms with Crippen molar-refractivity contribution in [3.05, 3.63) is 18.2 Å². The van der Waals surface area contributed by atoms with Gasteiger partial charge in [-0.3, -0.25) is 0 Å². The molecule has 0 unspecified atom stereocenters. The molecule has 7 nitrogen and oxygen atoms in total. The summed E-state index contributed by atoms with van der Waals surface area (Å²) in [6.45, 7) is 0.113. The van der Waals surface area contributed by atoms with E-state index in [1.165, 1.54) is 24.5 Å². The Hall–Kier alpha value is -2.49. The summed E-state index contributed by atoms with van der Waals surface area (Å²) >= 11 is 0. The summed E-state index contributed by atoms with van der Waals surface area (Å²) in [5.41, 5.74) is 0.627. The van der Waals surface area contributed by atoms with Crippen molar-refractivity contribution in [2.75, 3.05) is 13.6 Å². The highest BCUT2D eigenvalue weighted by atomic mass is 16.4. The molecule has 0 saturated carbocycles. The van der Waals surface area contributed by atoms with Crippen LogP contribution >= 0.6 is 0 Å². The SMILES string of the molecule is C#CCN(C)C(=O)N[C@@H](Cc1cnc[nH]1)C(=O)O. The molecule has 0 spiro atoms. The van der Waals surface area contributed by atoms with Gasteiger partial charge in [-0.25, -0.2) is 14.6 Å². The Labute approximate surface area is 104 Å². The van der Waals surface area contributed by atoms with Crippen molar-refractivity contribution in [2.45, 2.75) is 12.5 Å². The lowest BCUT2D eigenvalue weighted by Gasteiger charge is -2.19. The van der Waals surface area contributed by atoms with Gasteiger partial charge in [0.2, 0.25) is 0 Å². The molecule has 0 fully saturated rings. The average molecular weight is 250 g/mol. The van der Waals surface area contributed by atoms with Crippen LogP contribution in [0.1, 0.15) is 5.69 Å². The van der Waals surface area contributed by atoms with E-state index in [-0.39, 0.29) is 13.0 Å². The van der Waals surface area contributed by atoms with Gasteiger partial charge in [0.05, 0.1) is 12.9 Å². The third-order valence-corrected chi connectivity index (χ3v) is 2.25. The standard InChI is InChI=1S/C11H14N4O3/c1-3-4-15(2)11(18)14-9(10(16)17)5-8-6-12-7-13-8/h1,6-7,9H,4-5H2,2H3,(H,12,13)(H,14,18)(H,16,17)/t9-/m0/s1. The molecule has 0 aliphatic carbocycles. The topological polar surface area (TPSA) is 98.3 Å². The highest BCUT2D eigenvalue weighted by Gasteiger charge is 2.22. The lowest BCUT2D eigenvalue weighted by Crippen LogP contribution is -2.47. The highest BCUT2D eigenvalue weighted by molar-refractivity contribution is 5.82. The molecule has 1 aromatic heterocycles. The number of carboxylic acid groups (broad SMARTS) is 1. The molecule has 18 heavy (non-hydrogen) atoms. The number of amides is 2. The van der Waals surface area contributed by atoms with Gasteiger partial charge in [0, 0.05) is 25.4 Å². The second-order valence-corrected chi connectivity index (χ2v) is 3.68. The van der Waals surface area contributed by atoms with Gasteiger partial charge in [-0.05, 0) is 0 Å². The van der Waals surface area contributed by atoms with Gasteiger partial charge < -0.3 is 20.3 Å². The molecule has 0 aliphatic rings. The average Bonchev–Trinajstić information content (AvgIpc) is 2.81. The number of nitrogens with zero attached hydrogens (tertiary/aromatic N) is 2. The zero-order valence-electron chi connectivity index (χ0n) is 9.88. The number of carbonyl (C=O) groups excluding carboxylic acids is 1. The Kier molecular flexibility index (Phi) is 4.75. The highest BCUT2D eigenvalue weighted by Crippen LogP contribution is 1.99. The van der Waals surface area contributed by atoms with E-state index >= 15 is 0 Å². The van der Waals surface area contributed by atoms with Crippen molar-refractivity contribution in [3.63, 3.8) is 0 Å². The molecule has 3 N–H and O–H groups in total. The normalized spacial score (nSPS) is 11.3. The lowest BCUT2D eigenvalue weighted by atomic mass is 10.1. The zero-order valence-corrected chi connectivity index (χ0v) is 9.88. The van der Waals surface area contributed by atoms with E-state index in [0.717, 1.165) is 0 Å². The van der Waals surface area contributed by atoms with Crippen LogP contribution in [-0.2, 0) is 11.2 Å². The van der Waals surface area contributed by atoms with Crippen LogP contribution in [0.2, 0.25) is 0 Å². The van der Waals surface area contributed by atoms with Crippen molar-refractivity contribution in [3.8, 4) is 12.3 Å². The van der Waals surface area contributed by atoms with E-state index in [1.807, 2.05) is 0 Å². The van der Waals surface area contributed by atoms with Gasteiger partial charge in [-0.2, -0.15) is 0 Å². The van der Waals surface area contributed by atoms with Crippen molar-refractivity contribution < 1.29 is 14.7 Å². The number of carboxylic acids is 1. The lowest BCUT2D eigenvalue weighted by molar-refractivity contribution is -0.139. The second kappa shape index (κ2) is 6.30. The number of aromatic nitrogens is 2. The Morgan fingerprint density at radius 2 is 2.44 bits per heavy atom. The third kappa shape index (κ3) is 3.83. The molecule has 1 rings (SSSR count). The molecule has 1 heterocycles. The number of aliphatic carboxylic acids is 1. The number of nitrogens with one attached hydrogen (secondary N) is 2. The Morgan fingerprint density at radius 1 is 1.72 bits per heavy atom. The fourth-order valence-corrected chi connectivity index (χ4v) is 1.28. The smallest absolute Gasteiger partial charge is 0.326 e. The molecule has 2 amide bonds. The van der Waals surface area contributed by atoms with E-state index in [2.05, 4.69) is 21.2 Å². The van der Waals surface area contributed by atoms with Crippen LogP contribution in [0.5, 0.6) is 0 Å². The predicted molar refractivity (Wildman–Crippen MR) is 63.7 cm³/mol. The van der Waals surface area contributed by atoms with Gasteiger partial charge in [0.1, 0.15) is 6.04 Å². The van der Waals surface area contributed by atoms with Gasteiger partial charge in [-0.15, -0.1) is 6.42 Å². The predicted octanol–water partition coefficient (Wildman–Crippen LogP) is -0.320. The first kappa shape index (κ1) is 13.6. The molecule has 1 aromatic rings. The number of aromatic amines is 1. The summed E-state index contributed by atoms with van der Waals surface area (Å²) in [6, 6.07) is -1.56. The number of urea groups is 1. The molecule has 0 radical (unpaired) electrons. The van der Waals surface area contributed by atoms with Crippen molar-refractivity contribution in [2.24, 2.45) is 0 Å². The maximum Gasteiger partial charge on any atom is 0.326 e. The van der Waals surface area contributed by atoms with Gasteiger partial charge >= 0.3 is 12.0 Å². The van der Waals surface area contributed by atoms with E-state index in [0.29, 0.717) is 5.69 Å². The van der Waals surface area contributed by atoms with E-state index < -0.39 is 18.0 Å². The van der Waals surface area contributed by atoms with Gasteiger partial charge in [0.25, 0.3) is 0 Å². The van der Waals surface area contributed by atoms with Crippen LogP contribution in [-0.4, -0.2) is 51.6 Å². The number of hydrogen-bond donors (Lipinski definition) is 3. The molecule has 96 valence electrons. The van der Waals surface area contributed by atoms with Crippen LogP contribution in [0, 0.1) is 12.3 Å². The fraction of sp³-hybridized carbons (Fsp3) is 0.364. The largest absolute Gasteiger partial charge is 0.480 e. The first-order valence-electron chi connectivity index (χ1n) is 5.19. The first-order chi connectivity index (χ1) is 8.54. The maximum atomic E-state index is 11.6. The molecule has 1 atom stereocenters. The van der Waals surface area contributed by atoms with Crippen LogP contribution in [0.3, 0.4) is 0 Å². The summed E-state index contributed by atoms with van der Waals surface area (Å²) in [5, 5.41) is 11.4. The molecule has 7 heteroatoms. The van der Waals surface area contributed by atoms with Crippen molar-refractivity contribution in [1.29, 1.82) is 0 Å². The minimum Gasteiger partial charge on any atom is -0.480 e. The Morgan fingerprint density at radius 3 is 2.94 bits per heavy atom. The molecular weight excluding hydrogens is 236 g/mol. The van der Waals surface area contributed by atoms with Crippen LogP contribution in [0.4, 0.5) is 4.79 Å². The molecule has 0 aliphatic heterocycles. The number of rotatable bonds is 5. The number of H-pyrrole nitrogens is 1. The van der Waals surface area contributed by atoms with Crippen LogP contribution < -0.4 is 5.32 Å². The quantitative estimate of drug-likeness (QED) is 0.624. The summed E-state index contributed by atoms with van der Waals surface area (Å²) in [6.07, 6.45) is 8.15. The van der Waals surface area contributed by atoms with Crippen molar-refractivity contribution >= 4 is 12.0 Å². The number of terminal acetylenes is 1. The summed E-state index contributed by atoms with van der Waals surface area (Å²) in [4.78, 5) is 30.4. The summed E-state index contributed by atoms with van der Waals surface area (Å²) in [5.74, 6) is 1.18. The minimum absolute atomic E-state index is 0.113. The number of imidazole rings is 1. The van der Waals surface area contributed by atoms with Crippen molar-refractivity contribution in [1.82, 2.24) is 20.2 Å². The summed E-state index contributed by atoms with van der Waals surface area (Å²) < 4.78 is 0. The summed E-state index contributed by atoms with van der Waals surface area (Å²) in [7, 11) is 1.49. The first-order valence-corrected chi connectivity index (χ1v) is 5.19. The minimum atomic E-state index is -1.12. The van der Waals surface area contributed by atoms with Crippen LogP contribution in [0.25, 0.3) is 0 Å². The molecule has 0 saturated heterocycles. The number of hydrogen-bond acceptors (Lipinski definition) is 3. The fourth-order valence-electron chi connectivity index (χ4n) is 1.28.